The molecule has 0 spiro atoms. The Hall–Kier alpha value is -4.35. The number of nitrogens with one attached hydrogen (secondary N) is 2. The number of rotatable bonds is 10. The zero-order valence-electron chi connectivity index (χ0n) is 19.2. The van der Waals surface area contributed by atoms with Crippen LogP contribution in [0.1, 0.15) is 24.2 Å². The first-order valence-corrected chi connectivity index (χ1v) is 10.3. The summed E-state index contributed by atoms with van der Waals surface area (Å²) in [5.41, 5.74) is 0.262. The first-order valence-electron chi connectivity index (χ1n) is 10.3. The van der Waals surface area contributed by atoms with E-state index >= 15 is 0 Å². The fraction of sp³-hybridized carbons (Fsp3) is 0.318. The minimum absolute atomic E-state index is 0.104. The molecule has 0 aromatic heterocycles. The lowest BCUT2D eigenvalue weighted by atomic mass is 10.1. The molecule has 0 radical (unpaired) electrons. The molecule has 2 aromatic rings. The van der Waals surface area contributed by atoms with Crippen LogP contribution in [0.2, 0.25) is 0 Å². The largest absolute Gasteiger partial charge is 0.490 e. The van der Waals surface area contributed by atoms with Crippen LogP contribution in [0.15, 0.2) is 36.4 Å². The molecular formula is C22H26N4O8. The van der Waals surface area contributed by atoms with E-state index in [0.29, 0.717) is 36.1 Å². The molecule has 0 heterocycles. The van der Waals surface area contributed by atoms with Crippen LogP contribution in [0.3, 0.4) is 0 Å². The van der Waals surface area contributed by atoms with Gasteiger partial charge in [-0.3, -0.25) is 20.2 Å². The van der Waals surface area contributed by atoms with Crippen molar-refractivity contribution in [2.24, 2.45) is 0 Å². The number of hydrogen-bond acceptors (Lipinski definition) is 9. The molecule has 2 rings (SSSR count). The second-order valence-corrected chi connectivity index (χ2v) is 6.96. The van der Waals surface area contributed by atoms with Crippen molar-refractivity contribution < 1.29 is 33.5 Å². The number of esters is 1. The molecule has 34 heavy (non-hydrogen) atoms. The minimum Gasteiger partial charge on any atom is -0.490 e. The highest BCUT2D eigenvalue weighted by Gasteiger charge is 2.20. The van der Waals surface area contributed by atoms with E-state index in [9.17, 15) is 24.5 Å². The number of imide groups is 1. The maximum Gasteiger partial charge on any atom is 0.338 e. The predicted molar refractivity (Wildman–Crippen MR) is 124 cm³/mol. The zero-order valence-corrected chi connectivity index (χ0v) is 19.2. The minimum atomic E-state index is -0.947. The molecule has 12 nitrogen and oxygen atoms in total. The van der Waals surface area contributed by atoms with Gasteiger partial charge < -0.3 is 24.4 Å². The Bertz CT molecular complexity index is 1070. The van der Waals surface area contributed by atoms with Gasteiger partial charge in [0.2, 0.25) is 0 Å². The third kappa shape index (κ3) is 7.08. The fourth-order valence-corrected chi connectivity index (χ4v) is 2.84. The van der Waals surface area contributed by atoms with E-state index in [0.717, 1.165) is 6.07 Å². The summed E-state index contributed by atoms with van der Waals surface area (Å²) in [5.74, 6) is -0.896. The lowest BCUT2D eigenvalue weighted by molar-refractivity contribution is -0.384. The molecule has 12 heteroatoms. The molecule has 2 aromatic carbocycles. The Morgan fingerprint density at radius 1 is 1.00 bits per heavy atom. The smallest absolute Gasteiger partial charge is 0.338 e. The summed E-state index contributed by atoms with van der Waals surface area (Å²) in [6.45, 7) is 3.70. The van der Waals surface area contributed by atoms with E-state index in [1.54, 1.807) is 39.2 Å². The molecule has 0 aliphatic carbocycles. The maximum atomic E-state index is 12.2. The number of nitro groups is 1. The summed E-state index contributed by atoms with van der Waals surface area (Å²) >= 11 is 0. The highest BCUT2D eigenvalue weighted by molar-refractivity contribution is 6.02. The third-order valence-corrected chi connectivity index (χ3v) is 4.28. The molecule has 0 bridgehead atoms. The van der Waals surface area contributed by atoms with Gasteiger partial charge in [-0.15, -0.1) is 0 Å². The number of nitrogens with zero attached hydrogens (tertiary/aromatic N) is 2. The van der Waals surface area contributed by atoms with Crippen molar-refractivity contribution in [2.75, 3.05) is 44.1 Å². The third-order valence-electron chi connectivity index (χ3n) is 4.28. The van der Waals surface area contributed by atoms with Crippen molar-refractivity contribution in [1.29, 1.82) is 0 Å². The van der Waals surface area contributed by atoms with Crippen LogP contribution in [0.5, 0.6) is 11.5 Å². The highest BCUT2D eigenvalue weighted by Crippen LogP contribution is 2.30. The van der Waals surface area contributed by atoms with Crippen molar-refractivity contribution >= 4 is 35.0 Å². The van der Waals surface area contributed by atoms with Gasteiger partial charge in [-0.2, -0.15) is 0 Å². The van der Waals surface area contributed by atoms with Crippen LogP contribution >= 0.6 is 0 Å². The number of anilines is 2. The van der Waals surface area contributed by atoms with Gasteiger partial charge in [-0.05, 0) is 38.1 Å². The number of carbonyl (C=O) groups excluding carboxylic acids is 3. The number of urea groups is 1. The zero-order chi connectivity index (χ0) is 25.3. The first-order chi connectivity index (χ1) is 16.2. The quantitative estimate of drug-likeness (QED) is 0.301. The number of nitro benzene ring substituents is 1. The van der Waals surface area contributed by atoms with Crippen LogP contribution in [-0.2, 0) is 9.53 Å². The monoisotopic (exact) mass is 474 g/mol. The molecule has 0 saturated carbocycles. The standard InChI is InChI=1S/C22H26N4O8/c1-5-32-18-10-8-15(12-19(18)33-6-2)23-22(29)24-20(27)13-34-21(28)14-7-9-16(25(3)4)17(11-14)26(30)31/h7-12H,5-6,13H2,1-4H3,(H2,23,24,27,29). The van der Waals surface area contributed by atoms with Gasteiger partial charge in [0.1, 0.15) is 5.69 Å². The average Bonchev–Trinajstić information content (AvgIpc) is 2.78. The van der Waals surface area contributed by atoms with Crippen LogP contribution in [0.4, 0.5) is 21.9 Å². The van der Waals surface area contributed by atoms with Gasteiger partial charge in [-0.1, -0.05) is 0 Å². The second kappa shape index (κ2) is 12.0. The van der Waals surface area contributed by atoms with Gasteiger partial charge in [0.25, 0.3) is 11.6 Å². The van der Waals surface area contributed by atoms with Crippen molar-refractivity contribution in [3.63, 3.8) is 0 Å². The van der Waals surface area contributed by atoms with E-state index in [1.807, 2.05) is 12.2 Å². The van der Waals surface area contributed by atoms with E-state index in [2.05, 4.69) is 5.32 Å². The Labute approximate surface area is 195 Å². The number of benzene rings is 2. The molecule has 182 valence electrons. The number of hydrogen-bond donors (Lipinski definition) is 2. The lowest BCUT2D eigenvalue weighted by Crippen LogP contribution is -2.37. The summed E-state index contributed by atoms with van der Waals surface area (Å²) in [4.78, 5) is 48.5. The molecule has 0 fully saturated rings. The van der Waals surface area contributed by atoms with E-state index < -0.39 is 29.4 Å². The molecule has 0 aliphatic heterocycles. The number of ether oxygens (including phenoxy) is 3. The Morgan fingerprint density at radius 2 is 1.68 bits per heavy atom. The Balaban J connectivity index is 1.94. The van der Waals surface area contributed by atoms with E-state index in [4.69, 9.17) is 14.2 Å². The average molecular weight is 474 g/mol. The van der Waals surface area contributed by atoms with Gasteiger partial charge in [0.05, 0.1) is 23.7 Å². The lowest BCUT2D eigenvalue weighted by Gasteiger charge is -2.13. The summed E-state index contributed by atoms with van der Waals surface area (Å²) < 4.78 is 15.8. The van der Waals surface area contributed by atoms with Crippen LogP contribution in [0.25, 0.3) is 0 Å². The molecule has 0 saturated heterocycles. The van der Waals surface area contributed by atoms with Crippen molar-refractivity contribution in [3.05, 3.63) is 52.1 Å². The molecule has 3 amide bonds. The summed E-state index contributed by atoms with van der Waals surface area (Å²) in [6.07, 6.45) is 0. The fourth-order valence-electron chi connectivity index (χ4n) is 2.84. The first kappa shape index (κ1) is 25.9. The van der Waals surface area contributed by atoms with Crippen LogP contribution < -0.4 is 25.0 Å². The second-order valence-electron chi connectivity index (χ2n) is 6.96. The van der Waals surface area contributed by atoms with E-state index in [1.165, 1.54) is 17.0 Å². The highest BCUT2D eigenvalue weighted by atomic mass is 16.6. The molecule has 0 aliphatic rings. The topological polar surface area (TPSA) is 149 Å². The van der Waals surface area contributed by atoms with Gasteiger partial charge in [0, 0.05) is 31.9 Å². The molecular weight excluding hydrogens is 448 g/mol. The Morgan fingerprint density at radius 3 is 2.29 bits per heavy atom. The van der Waals surface area contributed by atoms with Crippen LogP contribution in [-0.4, -0.2) is 56.7 Å². The van der Waals surface area contributed by atoms with Gasteiger partial charge in [-0.25, -0.2) is 9.59 Å². The normalized spacial score (nSPS) is 10.1. The van der Waals surface area contributed by atoms with Gasteiger partial charge >= 0.3 is 12.0 Å². The predicted octanol–water partition coefficient (Wildman–Crippen LogP) is 2.96. The number of carbonyl (C=O) groups is 3. The van der Waals surface area contributed by atoms with Crippen LogP contribution in [0, 0.1) is 10.1 Å². The van der Waals surface area contributed by atoms with E-state index in [-0.39, 0.29) is 11.3 Å². The van der Waals surface area contributed by atoms with Gasteiger partial charge in [0.15, 0.2) is 18.1 Å². The van der Waals surface area contributed by atoms with Crippen molar-refractivity contribution in [3.8, 4) is 11.5 Å². The molecule has 0 unspecified atom stereocenters. The summed E-state index contributed by atoms with van der Waals surface area (Å²) in [6, 6.07) is 7.69. The molecule has 0 atom stereocenters. The summed E-state index contributed by atoms with van der Waals surface area (Å²) in [7, 11) is 3.25. The maximum absolute atomic E-state index is 12.2. The van der Waals surface area contributed by atoms with Crippen molar-refractivity contribution in [2.45, 2.75) is 13.8 Å². The SMILES string of the molecule is CCOc1ccc(NC(=O)NC(=O)COC(=O)c2ccc(N(C)C)c([N+](=O)[O-])c2)cc1OCC. The number of amides is 3. The Kier molecular flexibility index (Phi) is 9.18. The molecule has 2 N–H and O–H groups in total. The summed E-state index contributed by atoms with van der Waals surface area (Å²) in [5, 5.41) is 15.7. The van der Waals surface area contributed by atoms with Crippen molar-refractivity contribution in [1.82, 2.24) is 5.32 Å².